The third-order valence-electron chi connectivity index (χ3n) is 6.53. The molecule has 0 aliphatic rings. The Kier molecular flexibility index (Phi) is 9.06. The highest BCUT2D eigenvalue weighted by molar-refractivity contribution is 6.00. The second kappa shape index (κ2) is 12.8. The molecule has 0 aliphatic carbocycles. The van der Waals surface area contributed by atoms with E-state index in [0.717, 1.165) is 36.7 Å². The maximum atomic E-state index is 11.6. The summed E-state index contributed by atoms with van der Waals surface area (Å²) >= 11 is 0. The van der Waals surface area contributed by atoms with Crippen molar-refractivity contribution < 1.29 is 4.79 Å². The van der Waals surface area contributed by atoms with E-state index in [1.165, 1.54) is 33.4 Å². The lowest BCUT2D eigenvalue weighted by Crippen LogP contribution is -2.20. The van der Waals surface area contributed by atoms with E-state index in [0.29, 0.717) is 6.54 Å². The molecule has 3 aromatic carbocycles. The summed E-state index contributed by atoms with van der Waals surface area (Å²) in [4.78, 5) is 13.1. The van der Waals surface area contributed by atoms with E-state index < -0.39 is 0 Å². The Morgan fingerprint density at radius 3 is 2.46 bits per heavy atom. The number of aromatic amines is 1. The molecule has 0 aliphatic heterocycles. The highest BCUT2D eigenvalue weighted by Crippen LogP contribution is 2.35. The number of rotatable bonds is 11. The van der Waals surface area contributed by atoms with Crippen molar-refractivity contribution in [2.45, 2.75) is 26.2 Å². The Bertz CT molecular complexity index is 1360. The van der Waals surface area contributed by atoms with Crippen molar-refractivity contribution >= 4 is 28.0 Å². The van der Waals surface area contributed by atoms with Crippen LogP contribution in [0.1, 0.15) is 42.0 Å². The molecule has 190 valence electrons. The SMILES string of the molecule is CCC(=C(c1ccc(CCCNCC=CC(=O)N(C)C)cc1)c1ccc2[nH]ncc2c1)c1ccccc1. The Labute approximate surface area is 219 Å². The third kappa shape index (κ3) is 6.83. The van der Waals surface area contributed by atoms with Gasteiger partial charge < -0.3 is 10.2 Å². The number of hydrogen-bond donors (Lipinski definition) is 2. The van der Waals surface area contributed by atoms with Gasteiger partial charge in [-0.25, -0.2) is 0 Å². The quantitative estimate of drug-likeness (QED) is 0.151. The molecule has 0 bridgehead atoms. The van der Waals surface area contributed by atoms with E-state index in [-0.39, 0.29) is 5.91 Å². The van der Waals surface area contributed by atoms with E-state index >= 15 is 0 Å². The molecule has 0 unspecified atom stereocenters. The van der Waals surface area contributed by atoms with Crippen molar-refractivity contribution in [2.24, 2.45) is 0 Å². The summed E-state index contributed by atoms with van der Waals surface area (Å²) in [5, 5.41) is 11.8. The summed E-state index contributed by atoms with van der Waals surface area (Å²) in [7, 11) is 3.51. The number of amides is 1. The average molecular weight is 493 g/mol. The van der Waals surface area contributed by atoms with Crippen LogP contribution < -0.4 is 5.32 Å². The van der Waals surface area contributed by atoms with Crippen LogP contribution in [0.2, 0.25) is 0 Å². The fourth-order valence-electron chi connectivity index (χ4n) is 4.53. The summed E-state index contributed by atoms with van der Waals surface area (Å²) in [6.07, 6.45) is 8.36. The molecule has 4 aromatic rings. The lowest BCUT2D eigenvalue weighted by Gasteiger charge is -2.17. The highest BCUT2D eigenvalue weighted by Gasteiger charge is 2.14. The zero-order valence-corrected chi connectivity index (χ0v) is 22.0. The smallest absolute Gasteiger partial charge is 0.245 e. The first kappa shape index (κ1) is 26.1. The molecule has 37 heavy (non-hydrogen) atoms. The normalized spacial score (nSPS) is 12.2. The zero-order chi connectivity index (χ0) is 26.0. The first-order chi connectivity index (χ1) is 18.1. The van der Waals surface area contributed by atoms with Crippen LogP contribution in [-0.4, -0.2) is 48.2 Å². The van der Waals surface area contributed by atoms with Crippen LogP contribution in [0.3, 0.4) is 0 Å². The number of carbonyl (C=O) groups excluding carboxylic acids is 1. The van der Waals surface area contributed by atoms with Gasteiger partial charge in [0.2, 0.25) is 5.91 Å². The van der Waals surface area contributed by atoms with Crippen LogP contribution in [0.5, 0.6) is 0 Å². The summed E-state index contributed by atoms with van der Waals surface area (Å²) in [6.45, 7) is 3.84. The summed E-state index contributed by atoms with van der Waals surface area (Å²) in [5.74, 6) is 0.0125. The van der Waals surface area contributed by atoms with Gasteiger partial charge in [0, 0.05) is 32.1 Å². The first-order valence-electron chi connectivity index (χ1n) is 13.0. The van der Waals surface area contributed by atoms with Crippen LogP contribution in [0, 0.1) is 0 Å². The summed E-state index contributed by atoms with van der Waals surface area (Å²) in [6, 6.07) is 26.2. The maximum absolute atomic E-state index is 11.6. The van der Waals surface area contributed by atoms with E-state index in [1.807, 2.05) is 12.3 Å². The van der Waals surface area contributed by atoms with Gasteiger partial charge in [-0.1, -0.05) is 73.7 Å². The largest absolute Gasteiger partial charge is 0.345 e. The average Bonchev–Trinajstić information content (AvgIpc) is 3.40. The molecule has 1 heterocycles. The topological polar surface area (TPSA) is 61.0 Å². The molecule has 4 rings (SSSR count). The van der Waals surface area contributed by atoms with Crippen LogP contribution in [-0.2, 0) is 11.2 Å². The molecule has 5 heteroatoms. The highest BCUT2D eigenvalue weighted by atomic mass is 16.2. The number of hydrogen-bond acceptors (Lipinski definition) is 3. The van der Waals surface area contributed by atoms with Gasteiger partial charge in [0.25, 0.3) is 0 Å². The zero-order valence-electron chi connectivity index (χ0n) is 22.0. The molecule has 1 amide bonds. The molecule has 0 saturated heterocycles. The molecule has 0 radical (unpaired) electrons. The maximum Gasteiger partial charge on any atom is 0.245 e. The van der Waals surface area contributed by atoms with Crippen molar-refractivity contribution in [3.8, 4) is 0 Å². The summed E-state index contributed by atoms with van der Waals surface area (Å²) in [5.41, 5.74) is 8.65. The van der Waals surface area contributed by atoms with Gasteiger partial charge in [0.1, 0.15) is 0 Å². The number of aromatic nitrogens is 2. The number of allylic oxidation sites excluding steroid dienone is 1. The Hall–Kier alpha value is -3.96. The number of fused-ring (bicyclic) bond motifs is 1. The number of aryl methyl sites for hydroxylation is 1. The predicted octanol–water partition coefficient (Wildman–Crippen LogP) is 6.10. The van der Waals surface area contributed by atoms with Crippen molar-refractivity contribution in [2.75, 3.05) is 27.2 Å². The predicted molar refractivity (Wildman–Crippen MR) is 154 cm³/mol. The minimum Gasteiger partial charge on any atom is -0.345 e. The third-order valence-corrected chi connectivity index (χ3v) is 6.53. The molecular formula is C32H36N4O. The van der Waals surface area contributed by atoms with Gasteiger partial charge in [-0.15, -0.1) is 0 Å². The van der Waals surface area contributed by atoms with Gasteiger partial charge in [-0.05, 0) is 71.3 Å². The monoisotopic (exact) mass is 492 g/mol. The molecule has 1 aromatic heterocycles. The number of nitrogens with zero attached hydrogens (tertiary/aromatic N) is 2. The fraction of sp³-hybridized carbons (Fsp3) is 0.250. The minimum absolute atomic E-state index is 0.0125. The van der Waals surface area contributed by atoms with E-state index in [4.69, 9.17) is 0 Å². The van der Waals surface area contributed by atoms with Crippen molar-refractivity contribution in [3.63, 3.8) is 0 Å². The van der Waals surface area contributed by atoms with Gasteiger partial charge in [0.05, 0.1) is 11.7 Å². The van der Waals surface area contributed by atoms with Gasteiger partial charge in [-0.2, -0.15) is 5.10 Å². The Morgan fingerprint density at radius 1 is 0.973 bits per heavy atom. The number of carbonyl (C=O) groups is 1. The second-order valence-corrected chi connectivity index (χ2v) is 9.38. The number of nitrogens with one attached hydrogen (secondary N) is 2. The Balaban J connectivity index is 1.50. The van der Waals surface area contributed by atoms with Crippen LogP contribution in [0.25, 0.3) is 22.0 Å². The van der Waals surface area contributed by atoms with Gasteiger partial charge in [0.15, 0.2) is 0 Å². The molecule has 5 nitrogen and oxygen atoms in total. The Morgan fingerprint density at radius 2 is 1.73 bits per heavy atom. The molecule has 2 N–H and O–H groups in total. The van der Waals surface area contributed by atoms with Crippen LogP contribution in [0.15, 0.2) is 91.1 Å². The van der Waals surface area contributed by atoms with Crippen molar-refractivity contribution in [1.82, 2.24) is 20.4 Å². The lowest BCUT2D eigenvalue weighted by atomic mass is 9.87. The second-order valence-electron chi connectivity index (χ2n) is 9.38. The van der Waals surface area contributed by atoms with Crippen molar-refractivity contribution in [3.05, 3.63) is 113 Å². The molecule has 0 atom stereocenters. The number of benzene rings is 3. The van der Waals surface area contributed by atoms with E-state index in [2.05, 4.69) is 95.2 Å². The van der Waals surface area contributed by atoms with Crippen molar-refractivity contribution in [1.29, 1.82) is 0 Å². The molecule has 0 saturated carbocycles. The van der Waals surface area contributed by atoms with E-state index in [9.17, 15) is 4.79 Å². The van der Waals surface area contributed by atoms with E-state index in [1.54, 1.807) is 25.1 Å². The number of H-pyrrole nitrogens is 1. The first-order valence-corrected chi connectivity index (χ1v) is 13.0. The molecular weight excluding hydrogens is 456 g/mol. The fourth-order valence-corrected chi connectivity index (χ4v) is 4.53. The standard InChI is InChI=1S/C32H36N4O/c1-4-29(25-11-6-5-7-12-25)32(27-18-19-30-28(22-27)23-34-35-30)26-16-14-24(15-17-26)10-8-20-33-21-9-13-31(37)36(2)3/h5-7,9,11-19,22-23,33H,4,8,10,20-21H2,1-3H3,(H,34,35). The lowest BCUT2D eigenvalue weighted by molar-refractivity contribution is -0.123. The summed E-state index contributed by atoms with van der Waals surface area (Å²) < 4.78 is 0. The van der Waals surface area contributed by atoms with Crippen LogP contribution in [0.4, 0.5) is 0 Å². The van der Waals surface area contributed by atoms with Crippen LogP contribution >= 0.6 is 0 Å². The molecule has 0 fully saturated rings. The minimum atomic E-state index is 0.0125. The van der Waals surface area contributed by atoms with Gasteiger partial charge in [-0.3, -0.25) is 9.89 Å². The molecule has 0 spiro atoms. The number of likely N-dealkylation sites (N-methyl/N-ethyl adjacent to an activating group) is 1. The van der Waals surface area contributed by atoms with Gasteiger partial charge >= 0.3 is 0 Å².